The van der Waals surface area contributed by atoms with Crippen molar-refractivity contribution in [2.45, 2.75) is 20.4 Å². The van der Waals surface area contributed by atoms with Gasteiger partial charge < -0.3 is 4.90 Å². The van der Waals surface area contributed by atoms with Crippen molar-refractivity contribution in [2.24, 2.45) is 0 Å². The number of carbonyl (C=O) groups excluding carboxylic acids is 2. The van der Waals surface area contributed by atoms with Crippen LogP contribution in [0.1, 0.15) is 25.0 Å². The van der Waals surface area contributed by atoms with Crippen LogP contribution in [0.4, 0.5) is 5.69 Å². The van der Waals surface area contributed by atoms with Crippen LogP contribution < -0.4 is 0 Å². The lowest BCUT2D eigenvalue weighted by atomic mass is 10.0. The van der Waals surface area contributed by atoms with Gasteiger partial charge in [0.2, 0.25) is 0 Å². The Morgan fingerprint density at radius 3 is 2.14 bits per heavy atom. The minimum atomic E-state index is -0.493. The highest BCUT2D eigenvalue weighted by atomic mass is 16.6. The van der Waals surface area contributed by atoms with Crippen LogP contribution in [0.25, 0.3) is 5.57 Å². The van der Waals surface area contributed by atoms with E-state index in [0.29, 0.717) is 29.9 Å². The largest absolute Gasteiger partial charge is 0.362 e. The molecule has 1 heterocycles. The van der Waals surface area contributed by atoms with Crippen LogP contribution in [-0.4, -0.2) is 39.6 Å². The fourth-order valence-corrected chi connectivity index (χ4v) is 3.31. The lowest BCUT2D eigenvalue weighted by Crippen LogP contribution is -2.34. The standard InChI is InChI=1S/C21H21N3O4/c1-3-22(14-15-8-6-5-7-9-15)19-18(20(25)23(4-2)21(19)26)16-10-12-17(13-11-16)24(27)28/h5-13H,3-4,14H2,1-2H3. The maximum absolute atomic E-state index is 13.0. The molecule has 0 aliphatic carbocycles. The second-order valence-corrected chi connectivity index (χ2v) is 6.38. The first-order valence-electron chi connectivity index (χ1n) is 9.12. The van der Waals surface area contributed by atoms with E-state index in [1.54, 1.807) is 6.92 Å². The number of benzene rings is 2. The molecule has 0 radical (unpaired) electrons. The van der Waals surface area contributed by atoms with Gasteiger partial charge >= 0.3 is 0 Å². The highest BCUT2D eigenvalue weighted by Gasteiger charge is 2.40. The zero-order valence-electron chi connectivity index (χ0n) is 15.8. The fourth-order valence-electron chi connectivity index (χ4n) is 3.31. The molecule has 3 rings (SSSR count). The maximum Gasteiger partial charge on any atom is 0.277 e. The van der Waals surface area contributed by atoms with Gasteiger partial charge in [0.05, 0.1) is 10.5 Å². The molecular weight excluding hydrogens is 358 g/mol. The molecule has 28 heavy (non-hydrogen) atoms. The third-order valence-corrected chi connectivity index (χ3v) is 4.74. The van der Waals surface area contributed by atoms with Crippen molar-refractivity contribution in [3.63, 3.8) is 0 Å². The van der Waals surface area contributed by atoms with Crippen molar-refractivity contribution in [1.29, 1.82) is 0 Å². The van der Waals surface area contributed by atoms with Crippen molar-refractivity contribution in [3.05, 3.63) is 81.5 Å². The van der Waals surface area contributed by atoms with Gasteiger partial charge in [0.25, 0.3) is 17.5 Å². The first-order chi connectivity index (χ1) is 13.5. The lowest BCUT2D eigenvalue weighted by molar-refractivity contribution is -0.384. The van der Waals surface area contributed by atoms with Gasteiger partial charge in [-0.05, 0) is 37.1 Å². The van der Waals surface area contributed by atoms with E-state index in [1.807, 2.05) is 42.2 Å². The third-order valence-electron chi connectivity index (χ3n) is 4.74. The highest BCUT2D eigenvalue weighted by molar-refractivity contribution is 6.35. The minimum Gasteiger partial charge on any atom is -0.362 e. The van der Waals surface area contributed by atoms with Crippen molar-refractivity contribution in [2.75, 3.05) is 13.1 Å². The molecule has 0 bridgehead atoms. The SMILES string of the molecule is CCN(Cc1ccccc1)C1=C(c2ccc([N+](=O)[O-])cc2)C(=O)N(CC)C1=O. The van der Waals surface area contributed by atoms with E-state index >= 15 is 0 Å². The Hall–Kier alpha value is -3.48. The van der Waals surface area contributed by atoms with Crippen molar-refractivity contribution in [3.8, 4) is 0 Å². The first-order valence-corrected chi connectivity index (χ1v) is 9.12. The van der Waals surface area contributed by atoms with Crippen molar-refractivity contribution in [1.82, 2.24) is 9.80 Å². The lowest BCUT2D eigenvalue weighted by Gasteiger charge is -2.24. The Balaban J connectivity index is 2.08. The third kappa shape index (κ3) is 3.51. The number of hydrogen-bond acceptors (Lipinski definition) is 5. The number of carbonyl (C=O) groups is 2. The summed E-state index contributed by atoms with van der Waals surface area (Å²) >= 11 is 0. The summed E-state index contributed by atoms with van der Waals surface area (Å²) in [5, 5.41) is 10.9. The van der Waals surface area contributed by atoms with Gasteiger partial charge in [-0.15, -0.1) is 0 Å². The van der Waals surface area contributed by atoms with Gasteiger partial charge in [0.15, 0.2) is 0 Å². The number of nitro groups is 1. The Kier molecular flexibility index (Phi) is 5.54. The van der Waals surface area contributed by atoms with Crippen molar-refractivity contribution < 1.29 is 14.5 Å². The smallest absolute Gasteiger partial charge is 0.277 e. The van der Waals surface area contributed by atoms with E-state index in [1.165, 1.54) is 29.2 Å². The first kappa shape index (κ1) is 19.3. The molecule has 0 fully saturated rings. The summed E-state index contributed by atoms with van der Waals surface area (Å²) in [6.07, 6.45) is 0. The topological polar surface area (TPSA) is 83.8 Å². The van der Waals surface area contributed by atoms with E-state index in [0.717, 1.165) is 5.56 Å². The number of amides is 2. The molecule has 2 amide bonds. The monoisotopic (exact) mass is 379 g/mol. The Bertz CT molecular complexity index is 936. The number of non-ortho nitro benzene ring substituents is 1. The second kappa shape index (κ2) is 8.04. The number of hydrogen-bond donors (Lipinski definition) is 0. The number of rotatable bonds is 7. The summed E-state index contributed by atoms with van der Waals surface area (Å²) in [5.74, 6) is -0.707. The molecule has 0 spiro atoms. The van der Waals surface area contributed by atoms with Crippen LogP contribution >= 0.6 is 0 Å². The van der Waals surface area contributed by atoms with Crippen LogP contribution in [0.5, 0.6) is 0 Å². The van der Waals surface area contributed by atoms with Gasteiger partial charge in [-0.1, -0.05) is 30.3 Å². The molecule has 1 aliphatic rings. The van der Waals surface area contributed by atoms with Crippen molar-refractivity contribution >= 4 is 23.1 Å². The number of nitro benzene ring substituents is 1. The summed E-state index contributed by atoms with van der Waals surface area (Å²) < 4.78 is 0. The summed E-state index contributed by atoms with van der Waals surface area (Å²) in [5.41, 5.74) is 2.09. The molecular formula is C21H21N3O4. The molecule has 144 valence electrons. The molecule has 0 atom stereocenters. The predicted molar refractivity (Wildman–Crippen MR) is 105 cm³/mol. The average molecular weight is 379 g/mol. The molecule has 7 nitrogen and oxygen atoms in total. The molecule has 1 aliphatic heterocycles. The van der Waals surface area contributed by atoms with Crippen LogP contribution in [0.15, 0.2) is 60.3 Å². The van der Waals surface area contributed by atoms with Crippen LogP contribution in [0.2, 0.25) is 0 Å². The Morgan fingerprint density at radius 2 is 1.61 bits per heavy atom. The van der Waals surface area contributed by atoms with E-state index in [9.17, 15) is 19.7 Å². The molecule has 0 aromatic heterocycles. The molecule has 0 unspecified atom stereocenters. The normalized spacial score (nSPS) is 14.0. The summed E-state index contributed by atoms with van der Waals surface area (Å²) in [4.78, 5) is 39.4. The van der Waals surface area contributed by atoms with E-state index < -0.39 is 4.92 Å². The second-order valence-electron chi connectivity index (χ2n) is 6.38. The Labute approximate surface area is 163 Å². The highest BCUT2D eigenvalue weighted by Crippen LogP contribution is 2.33. The molecule has 0 N–H and O–H groups in total. The quantitative estimate of drug-likeness (QED) is 0.419. The zero-order chi connectivity index (χ0) is 20.3. The fraction of sp³-hybridized carbons (Fsp3) is 0.238. The molecule has 2 aromatic rings. The molecule has 0 saturated heterocycles. The van der Waals surface area contributed by atoms with Gasteiger partial charge in [-0.3, -0.25) is 24.6 Å². The summed E-state index contributed by atoms with van der Waals surface area (Å²) in [6, 6.07) is 15.4. The van der Waals surface area contributed by atoms with Gasteiger partial charge in [0, 0.05) is 31.8 Å². The maximum atomic E-state index is 13.0. The van der Waals surface area contributed by atoms with Crippen LogP contribution in [0.3, 0.4) is 0 Å². The van der Waals surface area contributed by atoms with Gasteiger partial charge in [-0.2, -0.15) is 0 Å². The summed E-state index contributed by atoms with van der Waals surface area (Å²) in [6.45, 7) is 4.97. The van der Waals surface area contributed by atoms with E-state index in [-0.39, 0.29) is 24.0 Å². The molecule has 0 saturated carbocycles. The zero-order valence-corrected chi connectivity index (χ0v) is 15.8. The van der Waals surface area contributed by atoms with Crippen LogP contribution in [-0.2, 0) is 16.1 Å². The van der Waals surface area contributed by atoms with Gasteiger partial charge in [-0.25, -0.2) is 0 Å². The minimum absolute atomic E-state index is 0.0633. The predicted octanol–water partition coefficient (Wildman–Crippen LogP) is 3.22. The van der Waals surface area contributed by atoms with Crippen LogP contribution in [0, 0.1) is 10.1 Å². The molecule has 2 aromatic carbocycles. The molecule has 7 heteroatoms. The average Bonchev–Trinajstić information content (AvgIpc) is 2.96. The number of nitrogens with zero attached hydrogens (tertiary/aromatic N) is 3. The van der Waals surface area contributed by atoms with Gasteiger partial charge in [0.1, 0.15) is 5.70 Å². The Morgan fingerprint density at radius 1 is 0.964 bits per heavy atom. The van der Waals surface area contributed by atoms with E-state index in [4.69, 9.17) is 0 Å². The van der Waals surface area contributed by atoms with E-state index in [2.05, 4.69) is 0 Å². The number of imide groups is 1. The number of likely N-dealkylation sites (N-methyl/N-ethyl adjacent to an activating group) is 2. The summed E-state index contributed by atoms with van der Waals surface area (Å²) in [7, 11) is 0.